The number of likely N-dealkylation sites (tertiary alicyclic amines) is 1. The fourth-order valence-electron chi connectivity index (χ4n) is 2.60. The zero-order valence-electron chi connectivity index (χ0n) is 10.1. The summed E-state index contributed by atoms with van der Waals surface area (Å²) in [6.45, 7) is 3.64. The number of H-pyrrole nitrogens is 1. The predicted molar refractivity (Wildman–Crippen MR) is 63.9 cm³/mol. The Hall–Kier alpha value is -1.36. The second kappa shape index (κ2) is 5.31. The predicted octanol–water partition coefficient (Wildman–Crippen LogP) is 1.45. The molecule has 0 spiro atoms. The molecule has 0 saturated carbocycles. The standard InChI is InChI=1S/C12H19N3O2/c1-2-11(12(16)17)15-5-3-9(4-6-15)10-7-13-8-14-10/h7-9,11H,2-6H2,1H3,(H,13,14)(H,16,17). The first-order valence-corrected chi connectivity index (χ1v) is 6.17. The number of piperidine rings is 1. The van der Waals surface area contributed by atoms with E-state index in [9.17, 15) is 4.79 Å². The van der Waals surface area contributed by atoms with Crippen molar-refractivity contribution in [2.24, 2.45) is 0 Å². The SMILES string of the molecule is CCC(C(=O)O)N1CCC(c2cnc[nH]2)CC1. The van der Waals surface area contributed by atoms with Crippen LogP contribution < -0.4 is 0 Å². The van der Waals surface area contributed by atoms with E-state index in [-0.39, 0.29) is 6.04 Å². The topological polar surface area (TPSA) is 69.2 Å². The van der Waals surface area contributed by atoms with E-state index < -0.39 is 5.97 Å². The highest BCUT2D eigenvalue weighted by Crippen LogP contribution is 2.27. The number of rotatable bonds is 4. The van der Waals surface area contributed by atoms with Crippen LogP contribution in [0.25, 0.3) is 0 Å². The summed E-state index contributed by atoms with van der Waals surface area (Å²) in [4.78, 5) is 20.3. The molecule has 1 aromatic heterocycles. The minimum absolute atomic E-state index is 0.322. The molecule has 1 aromatic rings. The number of hydrogen-bond acceptors (Lipinski definition) is 3. The maximum atomic E-state index is 11.1. The average molecular weight is 237 g/mol. The largest absolute Gasteiger partial charge is 0.480 e. The van der Waals surface area contributed by atoms with Gasteiger partial charge in [0, 0.05) is 17.8 Å². The van der Waals surface area contributed by atoms with Gasteiger partial charge >= 0.3 is 5.97 Å². The average Bonchev–Trinajstić information content (AvgIpc) is 2.84. The molecule has 1 atom stereocenters. The second-order valence-corrected chi connectivity index (χ2v) is 4.58. The van der Waals surface area contributed by atoms with Gasteiger partial charge in [-0.1, -0.05) is 6.92 Å². The number of nitrogens with one attached hydrogen (secondary N) is 1. The molecular formula is C12H19N3O2. The van der Waals surface area contributed by atoms with Crippen molar-refractivity contribution >= 4 is 5.97 Å². The summed E-state index contributed by atoms with van der Waals surface area (Å²) in [5.74, 6) is -0.201. The summed E-state index contributed by atoms with van der Waals surface area (Å²) < 4.78 is 0. The van der Waals surface area contributed by atoms with E-state index in [1.165, 1.54) is 5.69 Å². The van der Waals surface area contributed by atoms with Crippen LogP contribution in [0.2, 0.25) is 0 Å². The molecule has 0 aliphatic carbocycles. The van der Waals surface area contributed by atoms with E-state index in [4.69, 9.17) is 5.11 Å². The molecule has 0 amide bonds. The van der Waals surface area contributed by atoms with Gasteiger partial charge in [-0.05, 0) is 32.4 Å². The molecule has 2 heterocycles. The Morgan fingerprint density at radius 3 is 2.82 bits per heavy atom. The van der Waals surface area contributed by atoms with Crippen LogP contribution >= 0.6 is 0 Å². The van der Waals surface area contributed by atoms with Crippen molar-refractivity contribution in [3.63, 3.8) is 0 Å². The van der Waals surface area contributed by atoms with E-state index in [1.54, 1.807) is 6.33 Å². The number of aromatic amines is 1. The molecule has 94 valence electrons. The number of carbonyl (C=O) groups is 1. The molecule has 1 aliphatic heterocycles. The summed E-state index contributed by atoms with van der Waals surface area (Å²) >= 11 is 0. The summed E-state index contributed by atoms with van der Waals surface area (Å²) in [6, 6.07) is -0.322. The van der Waals surface area contributed by atoms with Crippen LogP contribution in [0.4, 0.5) is 0 Å². The molecule has 1 saturated heterocycles. The van der Waals surface area contributed by atoms with Gasteiger partial charge in [0.1, 0.15) is 6.04 Å². The van der Waals surface area contributed by atoms with E-state index in [0.29, 0.717) is 12.3 Å². The minimum atomic E-state index is -0.701. The first-order valence-electron chi connectivity index (χ1n) is 6.17. The zero-order chi connectivity index (χ0) is 12.3. The maximum absolute atomic E-state index is 11.1. The Bertz CT molecular complexity index is 356. The molecule has 2 rings (SSSR count). The number of carboxylic acid groups (broad SMARTS) is 1. The minimum Gasteiger partial charge on any atom is -0.480 e. The lowest BCUT2D eigenvalue weighted by atomic mass is 9.93. The Morgan fingerprint density at radius 1 is 1.65 bits per heavy atom. The van der Waals surface area contributed by atoms with Gasteiger partial charge in [-0.15, -0.1) is 0 Å². The fourth-order valence-corrected chi connectivity index (χ4v) is 2.60. The van der Waals surface area contributed by atoms with Crippen molar-refractivity contribution < 1.29 is 9.90 Å². The lowest BCUT2D eigenvalue weighted by Gasteiger charge is -2.34. The van der Waals surface area contributed by atoms with Crippen LogP contribution in [0, 0.1) is 0 Å². The van der Waals surface area contributed by atoms with Crippen molar-refractivity contribution in [2.45, 2.75) is 38.1 Å². The van der Waals surface area contributed by atoms with E-state index in [0.717, 1.165) is 25.9 Å². The number of carboxylic acids is 1. The Kier molecular flexibility index (Phi) is 3.78. The number of nitrogens with zero attached hydrogens (tertiary/aromatic N) is 2. The third kappa shape index (κ3) is 2.66. The zero-order valence-corrected chi connectivity index (χ0v) is 10.1. The number of hydrogen-bond donors (Lipinski definition) is 2. The monoisotopic (exact) mass is 237 g/mol. The van der Waals surface area contributed by atoms with E-state index >= 15 is 0 Å². The van der Waals surface area contributed by atoms with Crippen LogP contribution in [-0.4, -0.2) is 45.1 Å². The number of imidazole rings is 1. The molecule has 5 heteroatoms. The van der Waals surface area contributed by atoms with Crippen molar-refractivity contribution in [3.8, 4) is 0 Å². The number of aliphatic carboxylic acids is 1. The molecule has 1 aliphatic rings. The second-order valence-electron chi connectivity index (χ2n) is 4.58. The van der Waals surface area contributed by atoms with Crippen LogP contribution in [0.1, 0.15) is 37.8 Å². The smallest absolute Gasteiger partial charge is 0.320 e. The quantitative estimate of drug-likeness (QED) is 0.831. The maximum Gasteiger partial charge on any atom is 0.320 e. The molecule has 17 heavy (non-hydrogen) atoms. The molecule has 0 aromatic carbocycles. The first kappa shape index (κ1) is 12.1. The van der Waals surface area contributed by atoms with Crippen LogP contribution in [0.5, 0.6) is 0 Å². The van der Waals surface area contributed by atoms with Crippen LogP contribution in [0.3, 0.4) is 0 Å². The molecule has 0 radical (unpaired) electrons. The fraction of sp³-hybridized carbons (Fsp3) is 0.667. The van der Waals surface area contributed by atoms with Crippen molar-refractivity contribution in [1.29, 1.82) is 0 Å². The van der Waals surface area contributed by atoms with Crippen LogP contribution in [0.15, 0.2) is 12.5 Å². The van der Waals surface area contributed by atoms with E-state index in [1.807, 2.05) is 13.1 Å². The highest BCUT2D eigenvalue weighted by molar-refractivity contribution is 5.73. The van der Waals surface area contributed by atoms with Crippen molar-refractivity contribution in [1.82, 2.24) is 14.9 Å². The Morgan fingerprint density at radius 2 is 2.35 bits per heavy atom. The molecule has 5 nitrogen and oxygen atoms in total. The highest BCUT2D eigenvalue weighted by Gasteiger charge is 2.29. The van der Waals surface area contributed by atoms with Gasteiger partial charge in [0.05, 0.1) is 6.33 Å². The van der Waals surface area contributed by atoms with Gasteiger partial charge in [-0.25, -0.2) is 4.98 Å². The Balaban J connectivity index is 1.91. The van der Waals surface area contributed by atoms with Gasteiger partial charge in [0.15, 0.2) is 0 Å². The molecule has 2 N–H and O–H groups in total. The number of aromatic nitrogens is 2. The third-order valence-electron chi connectivity index (χ3n) is 3.60. The Labute approximate surface area is 101 Å². The van der Waals surface area contributed by atoms with Gasteiger partial charge in [-0.2, -0.15) is 0 Å². The van der Waals surface area contributed by atoms with E-state index in [2.05, 4.69) is 14.9 Å². The van der Waals surface area contributed by atoms with Crippen molar-refractivity contribution in [3.05, 3.63) is 18.2 Å². The van der Waals surface area contributed by atoms with Gasteiger partial charge < -0.3 is 10.1 Å². The van der Waals surface area contributed by atoms with Gasteiger partial charge in [0.25, 0.3) is 0 Å². The summed E-state index contributed by atoms with van der Waals surface area (Å²) in [7, 11) is 0. The van der Waals surface area contributed by atoms with Crippen molar-refractivity contribution in [2.75, 3.05) is 13.1 Å². The lowest BCUT2D eigenvalue weighted by molar-refractivity contribution is -0.143. The molecule has 1 unspecified atom stereocenters. The molecule has 1 fully saturated rings. The summed E-state index contributed by atoms with van der Waals surface area (Å²) in [6.07, 6.45) is 6.25. The third-order valence-corrected chi connectivity index (χ3v) is 3.60. The van der Waals surface area contributed by atoms with Gasteiger partial charge in [-0.3, -0.25) is 9.69 Å². The van der Waals surface area contributed by atoms with Gasteiger partial charge in [0.2, 0.25) is 0 Å². The summed E-state index contributed by atoms with van der Waals surface area (Å²) in [5.41, 5.74) is 1.17. The van der Waals surface area contributed by atoms with Crippen LogP contribution in [-0.2, 0) is 4.79 Å². The summed E-state index contributed by atoms with van der Waals surface area (Å²) in [5, 5.41) is 9.12. The molecule has 0 bridgehead atoms. The highest BCUT2D eigenvalue weighted by atomic mass is 16.4. The molecular weight excluding hydrogens is 218 g/mol. The first-order chi connectivity index (χ1) is 8.22. The normalized spacial score (nSPS) is 20.3. The lowest BCUT2D eigenvalue weighted by Crippen LogP contribution is -2.45.